The van der Waals surface area contributed by atoms with E-state index in [1.54, 1.807) is 11.1 Å². The first-order valence-corrected chi connectivity index (χ1v) is 30.2. The zero-order valence-electron chi connectivity index (χ0n) is 46.1. The van der Waals surface area contributed by atoms with Gasteiger partial charge in [0, 0.05) is 25.7 Å². The van der Waals surface area contributed by atoms with Crippen LogP contribution in [0.15, 0.2) is 23.3 Å². The Morgan fingerprint density at radius 1 is 0.485 bits per heavy atom. The van der Waals surface area contributed by atoms with E-state index in [0.29, 0.717) is 34.5 Å². The molecular formula is C64H106O4. The normalized spacial score (nSPS) is 40.5. The van der Waals surface area contributed by atoms with Crippen molar-refractivity contribution in [2.45, 2.75) is 274 Å². The molecule has 6 fully saturated rings. The van der Waals surface area contributed by atoms with Gasteiger partial charge in [-0.25, -0.2) is 0 Å². The molecule has 0 aromatic carbocycles. The number of fused-ring (bicyclic) bond motifs is 10. The van der Waals surface area contributed by atoms with Gasteiger partial charge in [-0.05, 0) is 195 Å². The third-order valence-corrected chi connectivity index (χ3v) is 23.1. The van der Waals surface area contributed by atoms with E-state index in [0.717, 1.165) is 135 Å². The number of hydrogen-bond donors (Lipinski definition) is 0. The van der Waals surface area contributed by atoms with Gasteiger partial charge < -0.3 is 9.47 Å². The van der Waals surface area contributed by atoms with Crippen LogP contribution in [-0.2, 0) is 19.1 Å². The Morgan fingerprint density at radius 2 is 0.882 bits per heavy atom. The van der Waals surface area contributed by atoms with Crippen molar-refractivity contribution in [3.8, 4) is 0 Å². The van der Waals surface area contributed by atoms with Crippen molar-refractivity contribution in [1.29, 1.82) is 0 Å². The fourth-order valence-electron chi connectivity index (χ4n) is 19.2. The number of unbranched alkanes of at least 4 members (excludes halogenated alkanes) is 5. The standard InChI is InChI=1S/C64H106O4/c1-43(2)19-17-21-45(5)53-29-31-55-51-27-25-47-41-49(33-37-61(47,7)57(51)35-39-63(53,55)9)67-59(65)23-15-13-11-12-14-16-24-60(66)68-50-34-38-62(8)48(42-50)26-28-52-56-32-30-54(46(6)22-18-20-44(3)4)64(56,10)40-36-58(52)62/h25-26,43-46,49-58H,11-24,27-42H2,1-10H3/t45-,46-,49+,50+,51?,52?,53-,54-,55?,56?,57?,58?,61+,62+,63-,64-/m1/s1. The van der Waals surface area contributed by atoms with Crippen molar-refractivity contribution in [2.75, 3.05) is 0 Å². The average molecular weight is 940 g/mol. The second-order valence-electron chi connectivity index (χ2n) is 27.9. The minimum Gasteiger partial charge on any atom is -0.462 e. The molecule has 16 atom stereocenters. The second kappa shape index (κ2) is 22.3. The number of ether oxygens (including phenoxy) is 2. The van der Waals surface area contributed by atoms with Crippen molar-refractivity contribution in [2.24, 2.45) is 92.7 Å². The lowest BCUT2D eigenvalue weighted by Crippen LogP contribution is -2.51. The molecule has 0 spiro atoms. The lowest BCUT2D eigenvalue weighted by molar-refractivity contribution is -0.152. The Kier molecular flexibility index (Phi) is 17.3. The number of carbonyl (C=O) groups is 2. The zero-order chi connectivity index (χ0) is 48.4. The first-order chi connectivity index (χ1) is 32.5. The second-order valence-corrected chi connectivity index (χ2v) is 27.9. The van der Waals surface area contributed by atoms with Crippen LogP contribution < -0.4 is 0 Å². The Bertz CT molecular complexity index is 1630. The Hall–Kier alpha value is -1.58. The zero-order valence-corrected chi connectivity index (χ0v) is 46.1. The third-order valence-electron chi connectivity index (χ3n) is 23.1. The van der Waals surface area contributed by atoms with E-state index < -0.39 is 0 Å². The highest BCUT2D eigenvalue weighted by molar-refractivity contribution is 5.70. The molecule has 0 amide bonds. The van der Waals surface area contributed by atoms with Crippen LogP contribution in [0.5, 0.6) is 0 Å². The van der Waals surface area contributed by atoms with Crippen LogP contribution in [0, 0.1) is 92.7 Å². The van der Waals surface area contributed by atoms with Gasteiger partial charge >= 0.3 is 11.9 Å². The summed E-state index contributed by atoms with van der Waals surface area (Å²) in [4.78, 5) is 26.2. The van der Waals surface area contributed by atoms with E-state index in [1.807, 2.05) is 0 Å². The topological polar surface area (TPSA) is 52.6 Å². The molecule has 0 N–H and O–H groups in total. The fourth-order valence-corrected chi connectivity index (χ4v) is 19.2. The molecule has 0 aromatic rings. The molecular weight excluding hydrogens is 833 g/mol. The summed E-state index contributed by atoms with van der Waals surface area (Å²) in [5, 5.41) is 0. The SMILES string of the molecule is CC(C)CCC[C@@H](C)[C@H]1CCC2C3CC=C4C[C@@H](OC(=O)CCCCCCCCC(=O)O[C@H]5CC[C@@]6(C)C(=CCC7C6CC[C@@]6(C)C7CC[C@@H]6[C@H](C)CCCC(C)C)C5)CC[C@]4(C)C3CC[C@@]21C. The summed E-state index contributed by atoms with van der Waals surface area (Å²) < 4.78 is 12.4. The van der Waals surface area contributed by atoms with E-state index >= 15 is 0 Å². The first kappa shape index (κ1) is 52.7. The van der Waals surface area contributed by atoms with Crippen molar-refractivity contribution in [3.63, 3.8) is 0 Å². The maximum atomic E-state index is 13.1. The number of hydrogen-bond acceptors (Lipinski definition) is 4. The van der Waals surface area contributed by atoms with Crippen LogP contribution in [0.1, 0.15) is 262 Å². The molecule has 0 saturated heterocycles. The smallest absolute Gasteiger partial charge is 0.306 e. The van der Waals surface area contributed by atoms with Gasteiger partial charge in [0.2, 0.25) is 0 Å². The number of rotatable bonds is 21. The molecule has 8 aliphatic carbocycles. The Labute approximate surface area is 419 Å². The molecule has 8 rings (SSSR count). The lowest BCUT2D eigenvalue weighted by atomic mass is 9.47. The molecule has 0 aliphatic heterocycles. The number of allylic oxidation sites excluding steroid dienone is 2. The van der Waals surface area contributed by atoms with E-state index in [9.17, 15) is 9.59 Å². The Morgan fingerprint density at radius 3 is 1.28 bits per heavy atom. The predicted octanol–water partition coefficient (Wildman–Crippen LogP) is 18.0. The number of carbonyl (C=O) groups excluding carboxylic acids is 2. The summed E-state index contributed by atoms with van der Waals surface area (Å²) in [5.74, 6) is 10.3. The maximum Gasteiger partial charge on any atom is 0.306 e. The van der Waals surface area contributed by atoms with Crippen molar-refractivity contribution in [1.82, 2.24) is 0 Å². The molecule has 386 valence electrons. The number of esters is 2. The molecule has 4 heteroatoms. The molecule has 8 aliphatic rings. The van der Waals surface area contributed by atoms with Crippen LogP contribution in [0.3, 0.4) is 0 Å². The summed E-state index contributed by atoms with van der Waals surface area (Å²) in [6.45, 7) is 25.3. The molecule has 6 unspecified atom stereocenters. The predicted molar refractivity (Wildman–Crippen MR) is 283 cm³/mol. The van der Waals surface area contributed by atoms with E-state index in [-0.39, 0.29) is 24.1 Å². The molecule has 68 heavy (non-hydrogen) atoms. The first-order valence-electron chi connectivity index (χ1n) is 30.2. The van der Waals surface area contributed by atoms with Gasteiger partial charge in [-0.1, -0.05) is 157 Å². The van der Waals surface area contributed by atoms with Gasteiger partial charge in [-0.15, -0.1) is 0 Å². The van der Waals surface area contributed by atoms with Gasteiger partial charge in [-0.2, -0.15) is 0 Å². The van der Waals surface area contributed by atoms with Gasteiger partial charge in [0.25, 0.3) is 0 Å². The van der Waals surface area contributed by atoms with E-state index in [1.165, 1.54) is 116 Å². The highest BCUT2D eigenvalue weighted by Gasteiger charge is 2.61. The summed E-state index contributed by atoms with van der Waals surface area (Å²) in [6, 6.07) is 0. The minimum absolute atomic E-state index is 0.0111. The maximum absolute atomic E-state index is 13.1. The van der Waals surface area contributed by atoms with Gasteiger partial charge in [0.05, 0.1) is 0 Å². The van der Waals surface area contributed by atoms with Crippen LogP contribution in [0.25, 0.3) is 0 Å². The average Bonchev–Trinajstić information content (AvgIpc) is 3.84. The van der Waals surface area contributed by atoms with Crippen molar-refractivity contribution >= 4 is 11.9 Å². The molecule has 0 aromatic heterocycles. The van der Waals surface area contributed by atoms with Gasteiger partial charge in [0.1, 0.15) is 12.2 Å². The largest absolute Gasteiger partial charge is 0.462 e. The van der Waals surface area contributed by atoms with Crippen LogP contribution >= 0.6 is 0 Å². The summed E-state index contributed by atoms with van der Waals surface area (Å²) in [6.07, 6.45) is 41.3. The van der Waals surface area contributed by atoms with Crippen LogP contribution in [0.2, 0.25) is 0 Å². The highest BCUT2D eigenvalue weighted by Crippen LogP contribution is 2.69. The van der Waals surface area contributed by atoms with Crippen molar-refractivity contribution in [3.05, 3.63) is 23.3 Å². The monoisotopic (exact) mass is 939 g/mol. The molecule has 0 heterocycles. The summed E-state index contributed by atoms with van der Waals surface area (Å²) in [5.41, 5.74) is 4.89. The van der Waals surface area contributed by atoms with E-state index in [4.69, 9.17) is 9.47 Å². The summed E-state index contributed by atoms with van der Waals surface area (Å²) in [7, 11) is 0. The third kappa shape index (κ3) is 11.0. The quantitative estimate of drug-likeness (QED) is 0.0654. The van der Waals surface area contributed by atoms with Crippen LogP contribution in [0.4, 0.5) is 0 Å². The molecule has 6 saturated carbocycles. The molecule has 4 nitrogen and oxygen atoms in total. The Balaban J connectivity index is 0.689. The fraction of sp³-hybridized carbons (Fsp3) is 0.906. The van der Waals surface area contributed by atoms with Crippen molar-refractivity contribution < 1.29 is 19.1 Å². The molecule has 0 radical (unpaired) electrons. The van der Waals surface area contributed by atoms with E-state index in [2.05, 4.69) is 81.4 Å². The minimum atomic E-state index is 0.0111. The van der Waals surface area contributed by atoms with Gasteiger partial charge in [-0.3, -0.25) is 9.59 Å². The summed E-state index contributed by atoms with van der Waals surface area (Å²) >= 11 is 0. The lowest BCUT2D eigenvalue weighted by Gasteiger charge is -2.58. The molecule has 0 bridgehead atoms. The van der Waals surface area contributed by atoms with Crippen LogP contribution in [-0.4, -0.2) is 24.1 Å². The highest BCUT2D eigenvalue weighted by atomic mass is 16.5. The van der Waals surface area contributed by atoms with Gasteiger partial charge in [0.15, 0.2) is 0 Å².